The van der Waals surface area contributed by atoms with Gasteiger partial charge in [-0.25, -0.2) is 0 Å². The Morgan fingerprint density at radius 1 is 1.03 bits per heavy atom. The highest BCUT2D eigenvalue weighted by Crippen LogP contribution is 2.36. The zero-order chi connectivity index (χ0) is 24.8. The fourth-order valence-electron chi connectivity index (χ4n) is 3.75. The minimum absolute atomic E-state index is 0.0165. The first-order valence-corrected chi connectivity index (χ1v) is 10.1. The highest BCUT2D eigenvalue weighted by molar-refractivity contribution is 5.86. The molecule has 1 unspecified atom stereocenters. The highest BCUT2D eigenvalue weighted by atomic mass is 16.7. The molecule has 11 heteroatoms. The van der Waals surface area contributed by atoms with Gasteiger partial charge in [-0.2, -0.15) is 0 Å². The molecule has 5 atom stereocenters. The van der Waals surface area contributed by atoms with Gasteiger partial charge in [0, 0.05) is 23.8 Å². The lowest BCUT2D eigenvalue weighted by atomic mass is 9.84. The second kappa shape index (κ2) is 8.63. The first-order valence-electron chi connectivity index (χ1n) is 10.1. The number of hydrogen-bond acceptors (Lipinski definition) is 11. The van der Waals surface area contributed by atoms with Crippen LogP contribution in [0, 0.1) is 0 Å². The highest BCUT2D eigenvalue weighted by Gasteiger charge is 2.54. The molecular formula is C23H22O11. The third-order valence-electron chi connectivity index (χ3n) is 5.67. The van der Waals surface area contributed by atoms with Crippen LogP contribution in [-0.4, -0.2) is 72.6 Å². The van der Waals surface area contributed by atoms with E-state index in [9.17, 15) is 40.5 Å². The molecule has 0 bridgehead atoms. The zero-order valence-corrected chi connectivity index (χ0v) is 17.5. The molecule has 180 valence electrons. The number of phenols is 3. The molecule has 34 heavy (non-hydrogen) atoms. The summed E-state index contributed by atoms with van der Waals surface area (Å²) in [5, 5.41) is 70.2. The van der Waals surface area contributed by atoms with Gasteiger partial charge in [-0.15, -0.1) is 6.58 Å². The lowest BCUT2D eigenvalue weighted by Crippen LogP contribution is -2.67. The van der Waals surface area contributed by atoms with Crippen LogP contribution in [0.4, 0.5) is 0 Å². The lowest BCUT2D eigenvalue weighted by molar-refractivity contribution is -0.300. The van der Waals surface area contributed by atoms with Crippen molar-refractivity contribution in [2.75, 3.05) is 6.61 Å². The Labute approximate surface area is 191 Å². The van der Waals surface area contributed by atoms with Crippen LogP contribution >= 0.6 is 0 Å². The number of hydrogen-bond donors (Lipinski definition) is 7. The van der Waals surface area contributed by atoms with Gasteiger partial charge in [0.15, 0.2) is 23.0 Å². The van der Waals surface area contributed by atoms with Crippen molar-refractivity contribution < 1.29 is 49.6 Å². The number of benzene rings is 2. The number of aliphatic hydroxyl groups is 4. The summed E-state index contributed by atoms with van der Waals surface area (Å²) in [5.74, 6) is -1.43. The standard InChI is InChI=1S/C23H22O11/c1-2-23(31)20(29)18(9-24)34-22(21(23)30)32-11-6-14(27)19-15(28)8-16(33-17(19)7-11)10-3-4-12(25)13(26)5-10/h2-8,18,20-22,24-27,29-31H,1,9H2/t18-,20-,21+,22?,23-/m1/s1. The van der Waals surface area contributed by atoms with Crippen molar-refractivity contribution in [3.05, 3.63) is 59.3 Å². The Balaban J connectivity index is 1.74. The summed E-state index contributed by atoms with van der Waals surface area (Å²) in [6.45, 7) is 2.69. The predicted octanol–water partition coefficient (Wildman–Crippen LogP) is 0.312. The monoisotopic (exact) mass is 474 g/mol. The summed E-state index contributed by atoms with van der Waals surface area (Å²) in [6.07, 6.45) is -5.56. The Kier molecular flexibility index (Phi) is 5.98. The van der Waals surface area contributed by atoms with E-state index in [1.165, 1.54) is 24.3 Å². The largest absolute Gasteiger partial charge is 0.507 e. The number of rotatable bonds is 5. The zero-order valence-electron chi connectivity index (χ0n) is 17.5. The van der Waals surface area contributed by atoms with Crippen LogP contribution in [-0.2, 0) is 4.74 Å². The average molecular weight is 474 g/mol. The van der Waals surface area contributed by atoms with E-state index >= 15 is 0 Å². The fraction of sp³-hybridized carbons (Fsp3) is 0.261. The van der Waals surface area contributed by atoms with Crippen molar-refractivity contribution in [3.63, 3.8) is 0 Å². The number of aromatic hydroxyl groups is 3. The second-order valence-electron chi connectivity index (χ2n) is 7.82. The quantitative estimate of drug-likeness (QED) is 0.199. The van der Waals surface area contributed by atoms with E-state index in [0.717, 1.165) is 18.2 Å². The van der Waals surface area contributed by atoms with E-state index in [0.29, 0.717) is 0 Å². The average Bonchev–Trinajstić information content (AvgIpc) is 2.80. The van der Waals surface area contributed by atoms with Crippen molar-refractivity contribution in [3.8, 4) is 34.3 Å². The van der Waals surface area contributed by atoms with E-state index in [4.69, 9.17) is 13.9 Å². The molecule has 1 fully saturated rings. The van der Waals surface area contributed by atoms with Gasteiger partial charge in [0.25, 0.3) is 0 Å². The number of phenolic OH excluding ortho intramolecular Hbond substituents is 3. The van der Waals surface area contributed by atoms with Crippen LogP contribution in [0.2, 0.25) is 0 Å². The Bertz CT molecular complexity index is 1300. The Hall–Kier alpha value is -3.61. The SMILES string of the molecule is C=C[C@@]1(O)[C@H](O)[C@@H](CO)OC(Oc2cc(O)c3c(=O)cc(-c4ccc(O)c(O)c4)oc3c2)[C@@H]1O. The fourth-order valence-corrected chi connectivity index (χ4v) is 3.75. The van der Waals surface area contributed by atoms with Gasteiger partial charge >= 0.3 is 0 Å². The van der Waals surface area contributed by atoms with Crippen LogP contribution in [0.3, 0.4) is 0 Å². The Morgan fingerprint density at radius 2 is 1.76 bits per heavy atom. The molecule has 0 aliphatic carbocycles. The number of aliphatic hydroxyl groups excluding tert-OH is 3. The molecular weight excluding hydrogens is 452 g/mol. The van der Waals surface area contributed by atoms with Gasteiger partial charge in [-0.3, -0.25) is 4.79 Å². The topological polar surface area (TPSA) is 190 Å². The van der Waals surface area contributed by atoms with E-state index in [-0.39, 0.29) is 33.8 Å². The predicted molar refractivity (Wildman–Crippen MR) is 116 cm³/mol. The summed E-state index contributed by atoms with van der Waals surface area (Å²) in [4.78, 5) is 12.6. The maximum absolute atomic E-state index is 12.6. The van der Waals surface area contributed by atoms with E-state index in [2.05, 4.69) is 6.58 Å². The molecule has 0 radical (unpaired) electrons. The van der Waals surface area contributed by atoms with Crippen molar-refractivity contribution in [2.24, 2.45) is 0 Å². The smallest absolute Gasteiger partial charge is 0.229 e. The molecule has 4 rings (SSSR count). The molecule has 0 spiro atoms. The van der Waals surface area contributed by atoms with Crippen LogP contribution in [0.5, 0.6) is 23.0 Å². The third kappa shape index (κ3) is 3.85. The summed E-state index contributed by atoms with van der Waals surface area (Å²) in [7, 11) is 0. The molecule has 2 aromatic carbocycles. The maximum Gasteiger partial charge on any atom is 0.229 e. The van der Waals surface area contributed by atoms with Gasteiger partial charge < -0.3 is 49.6 Å². The van der Waals surface area contributed by atoms with Crippen LogP contribution < -0.4 is 10.2 Å². The van der Waals surface area contributed by atoms with Gasteiger partial charge in [0.2, 0.25) is 6.29 Å². The summed E-state index contributed by atoms with van der Waals surface area (Å²) in [6, 6.07) is 7.18. The number of ether oxygens (including phenoxy) is 2. The van der Waals surface area contributed by atoms with E-state index in [1.54, 1.807) is 0 Å². The molecule has 2 heterocycles. The molecule has 1 aliphatic rings. The van der Waals surface area contributed by atoms with Gasteiger partial charge in [-0.05, 0) is 18.2 Å². The van der Waals surface area contributed by atoms with E-state index < -0.39 is 53.7 Å². The first-order chi connectivity index (χ1) is 16.1. The minimum Gasteiger partial charge on any atom is -0.507 e. The van der Waals surface area contributed by atoms with Crippen LogP contribution in [0.25, 0.3) is 22.3 Å². The lowest BCUT2D eigenvalue weighted by Gasteiger charge is -2.46. The second-order valence-corrected chi connectivity index (χ2v) is 7.82. The molecule has 1 saturated heterocycles. The van der Waals surface area contributed by atoms with Gasteiger partial charge in [0.05, 0.1) is 6.61 Å². The number of fused-ring (bicyclic) bond motifs is 1. The Morgan fingerprint density at radius 3 is 2.41 bits per heavy atom. The van der Waals surface area contributed by atoms with Crippen molar-refractivity contribution in [2.45, 2.75) is 30.2 Å². The van der Waals surface area contributed by atoms with Crippen LogP contribution in [0.1, 0.15) is 0 Å². The molecule has 3 aromatic rings. The van der Waals surface area contributed by atoms with Crippen LogP contribution in [0.15, 0.2) is 58.3 Å². The van der Waals surface area contributed by atoms with Gasteiger partial charge in [0.1, 0.15) is 46.0 Å². The molecule has 0 amide bonds. The molecule has 1 aliphatic heterocycles. The normalized spacial score (nSPS) is 26.9. The van der Waals surface area contributed by atoms with Crippen molar-refractivity contribution in [1.82, 2.24) is 0 Å². The third-order valence-corrected chi connectivity index (χ3v) is 5.67. The summed E-state index contributed by atoms with van der Waals surface area (Å²) >= 11 is 0. The first kappa shape index (κ1) is 23.5. The molecule has 7 N–H and O–H groups in total. The summed E-state index contributed by atoms with van der Waals surface area (Å²) < 4.78 is 16.6. The maximum atomic E-state index is 12.6. The molecule has 11 nitrogen and oxygen atoms in total. The van der Waals surface area contributed by atoms with Gasteiger partial charge in [-0.1, -0.05) is 6.08 Å². The van der Waals surface area contributed by atoms with Crippen molar-refractivity contribution >= 4 is 11.0 Å². The van der Waals surface area contributed by atoms with E-state index in [1.807, 2.05) is 0 Å². The summed E-state index contributed by atoms with van der Waals surface area (Å²) in [5.41, 5.74) is -2.73. The van der Waals surface area contributed by atoms with Crippen molar-refractivity contribution in [1.29, 1.82) is 0 Å². The molecule has 0 saturated carbocycles. The minimum atomic E-state index is -2.27. The molecule has 1 aromatic heterocycles.